The number of rotatable bonds is 7. The Morgan fingerprint density at radius 1 is 1.23 bits per heavy atom. The van der Waals surface area contributed by atoms with E-state index in [1.54, 1.807) is 60.3 Å². The normalized spacial score (nSPS) is 10.8. The zero-order chi connectivity index (χ0) is 21.8. The number of anilines is 1. The summed E-state index contributed by atoms with van der Waals surface area (Å²) in [5, 5.41) is 10.8. The van der Waals surface area contributed by atoms with Crippen LogP contribution in [0.25, 0.3) is 0 Å². The van der Waals surface area contributed by atoms with E-state index in [0.29, 0.717) is 38.9 Å². The van der Waals surface area contributed by atoms with Crippen LogP contribution in [0, 0.1) is 12.7 Å². The summed E-state index contributed by atoms with van der Waals surface area (Å²) in [6.07, 6.45) is 1.68. The van der Waals surface area contributed by atoms with Crippen LogP contribution < -0.4 is 10.1 Å². The van der Waals surface area contributed by atoms with Crippen molar-refractivity contribution in [2.45, 2.75) is 20.1 Å². The van der Waals surface area contributed by atoms with Gasteiger partial charge in [0.15, 0.2) is 12.4 Å². The first-order valence-electron chi connectivity index (χ1n) is 9.27. The number of carbonyl (C=O) groups is 1. The minimum absolute atomic E-state index is 0.162. The minimum Gasteiger partial charge on any atom is -0.485 e. The summed E-state index contributed by atoms with van der Waals surface area (Å²) in [4.78, 5) is 16.6. The Labute approximate surface area is 185 Å². The number of aromatic nitrogens is 4. The summed E-state index contributed by atoms with van der Waals surface area (Å²) in [6, 6.07) is 13.1. The zero-order valence-electron chi connectivity index (χ0n) is 16.4. The second-order valence-electron chi connectivity index (χ2n) is 6.61. The molecule has 0 radical (unpaired) electrons. The number of nitrogens with zero attached hydrogens (tertiary/aromatic N) is 4. The molecule has 0 saturated heterocycles. The molecule has 2 heterocycles. The number of benzene rings is 2. The molecule has 2 aromatic heterocycles. The quantitative estimate of drug-likeness (QED) is 0.417. The van der Waals surface area contributed by atoms with Crippen LogP contribution in [0.1, 0.15) is 27.6 Å². The maximum Gasteiger partial charge on any atom is 0.256 e. The molecule has 4 rings (SSSR count). The van der Waals surface area contributed by atoms with Crippen molar-refractivity contribution in [3.8, 4) is 5.75 Å². The average Bonchev–Trinajstić information content (AvgIpc) is 3.33. The number of ether oxygens (including phenoxy) is 1. The van der Waals surface area contributed by atoms with Gasteiger partial charge in [-0.15, -0.1) is 0 Å². The first-order valence-corrected chi connectivity index (χ1v) is 10.1. The van der Waals surface area contributed by atoms with Crippen molar-refractivity contribution in [3.63, 3.8) is 0 Å². The fraction of sp³-hybridized carbons (Fsp3) is 0.143. The molecule has 0 spiro atoms. The molecule has 1 amide bonds. The van der Waals surface area contributed by atoms with Gasteiger partial charge in [0, 0.05) is 24.2 Å². The molecule has 10 heteroatoms. The molecule has 4 aromatic rings. The van der Waals surface area contributed by atoms with Crippen molar-refractivity contribution in [1.29, 1.82) is 0 Å². The Hall–Kier alpha value is -3.53. The fourth-order valence-corrected chi connectivity index (χ4v) is 3.21. The lowest BCUT2D eigenvalue weighted by Gasteiger charge is -2.06. The largest absolute Gasteiger partial charge is 0.485 e. The van der Waals surface area contributed by atoms with Crippen LogP contribution in [0.3, 0.4) is 0 Å². The molecule has 0 aliphatic rings. The van der Waals surface area contributed by atoms with Crippen LogP contribution >= 0.6 is 15.9 Å². The molecule has 1 N–H and O–H groups in total. The van der Waals surface area contributed by atoms with Gasteiger partial charge in [-0.2, -0.15) is 10.1 Å². The number of halogens is 2. The second kappa shape index (κ2) is 9.09. The minimum atomic E-state index is -0.336. The van der Waals surface area contributed by atoms with Crippen LogP contribution in [-0.2, 0) is 13.2 Å². The number of nitrogens with one attached hydrogen (secondary N) is 1. The molecule has 0 bridgehead atoms. The summed E-state index contributed by atoms with van der Waals surface area (Å²) in [7, 11) is 0. The van der Waals surface area contributed by atoms with Crippen LogP contribution in [0.15, 0.2) is 63.7 Å². The molecule has 158 valence electrons. The van der Waals surface area contributed by atoms with Gasteiger partial charge in [0.2, 0.25) is 11.7 Å². The zero-order valence-corrected chi connectivity index (χ0v) is 18.0. The molecule has 0 atom stereocenters. The number of amides is 1. The number of aryl methyl sites for hydroxylation is 1. The highest BCUT2D eigenvalue weighted by molar-refractivity contribution is 9.10. The highest BCUT2D eigenvalue weighted by Gasteiger charge is 2.13. The van der Waals surface area contributed by atoms with Gasteiger partial charge in [0.1, 0.15) is 11.6 Å². The Morgan fingerprint density at radius 2 is 2.00 bits per heavy atom. The SMILES string of the molecule is Cc1nc(COc2ccc(C(=O)Nc3nn(Cc4ccccc4F)cc3Br)cc2)no1. The fourth-order valence-electron chi connectivity index (χ4n) is 2.79. The van der Waals surface area contributed by atoms with Crippen LogP contribution in [0.2, 0.25) is 0 Å². The summed E-state index contributed by atoms with van der Waals surface area (Å²) in [5.74, 6) is 1.17. The first-order chi connectivity index (χ1) is 15.0. The highest BCUT2D eigenvalue weighted by atomic mass is 79.9. The maximum absolute atomic E-state index is 13.9. The Morgan fingerprint density at radius 3 is 2.71 bits per heavy atom. The Kier molecular flexibility index (Phi) is 6.08. The molecule has 2 aromatic carbocycles. The molecule has 0 aliphatic heterocycles. The highest BCUT2D eigenvalue weighted by Crippen LogP contribution is 2.22. The van der Waals surface area contributed by atoms with Crippen molar-refractivity contribution < 1.29 is 18.4 Å². The van der Waals surface area contributed by atoms with Gasteiger partial charge in [-0.3, -0.25) is 9.48 Å². The van der Waals surface area contributed by atoms with E-state index in [-0.39, 0.29) is 24.9 Å². The second-order valence-corrected chi connectivity index (χ2v) is 7.47. The lowest BCUT2D eigenvalue weighted by atomic mass is 10.2. The van der Waals surface area contributed by atoms with Crippen LogP contribution in [0.4, 0.5) is 10.2 Å². The smallest absolute Gasteiger partial charge is 0.256 e. The van der Waals surface area contributed by atoms with E-state index in [9.17, 15) is 9.18 Å². The standard InChI is InChI=1S/C21H17BrFN5O3/c1-13-24-19(27-31-13)12-30-16-8-6-14(7-9-16)21(29)25-20-17(22)11-28(26-20)10-15-4-2-3-5-18(15)23/h2-9,11H,10,12H2,1H3,(H,25,26,29). The van der Waals surface area contributed by atoms with Crippen molar-refractivity contribution in [2.75, 3.05) is 5.32 Å². The summed E-state index contributed by atoms with van der Waals surface area (Å²) in [6.45, 7) is 2.10. The lowest BCUT2D eigenvalue weighted by Crippen LogP contribution is -2.13. The molecular formula is C21H17BrFN5O3. The number of hydrogen-bond acceptors (Lipinski definition) is 6. The third-order valence-corrected chi connectivity index (χ3v) is 4.87. The van der Waals surface area contributed by atoms with Crippen molar-refractivity contribution in [1.82, 2.24) is 19.9 Å². The van der Waals surface area contributed by atoms with E-state index in [0.717, 1.165) is 0 Å². The third-order valence-electron chi connectivity index (χ3n) is 4.29. The molecule has 0 aliphatic carbocycles. The molecule has 31 heavy (non-hydrogen) atoms. The first kappa shape index (κ1) is 20.7. The van der Waals surface area contributed by atoms with E-state index in [1.807, 2.05) is 0 Å². The molecule has 0 saturated carbocycles. The number of hydrogen-bond donors (Lipinski definition) is 1. The summed E-state index contributed by atoms with van der Waals surface area (Å²) >= 11 is 3.37. The van der Waals surface area contributed by atoms with Gasteiger partial charge < -0.3 is 14.6 Å². The Balaban J connectivity index is 1.37. The van der Waals surface area contributed by atoms with E-state index in [4.69, 9.17) is 9.26 Å². The predicted octanol–water partition coefficient (Wildman–Crippen LogP) is 4.36. The van der Waals surface area contributed by atoms with E-state index < -0.39 is 0 Å². The van der Waals surface area contributed by atoms with Crippen molar-refractivity contribution >= 4 is 27.7 Å². The molecular weight excluding hydrogens is 469 g/mol. The van der Waals surface area contributed by atoms with Gasteiger partial charge in [0.05, 0.1) is 11.0 Å². The summed E-state index contributed by atoms with van der Waals surface area (Å²) < 4.78 is 26.5. The summed E-state index contributed by atoms with van der Waals surface area (Å²) in [5.41, 5.74) is 0.931. The van der Waals surface area contributed by atoms with Gasteiger partial charge in [-0.05, 0) is 46.3 Å². The lowest BCUT2D eigenvalue weighted by molar-refractivity contribution is 0.102. The van der Waals surface area contributed by atoms with Gasteiger partial charge >= 0.3 is 0 Å². The molecule has 0 fully saturated rings. The monoisotopic (exact) mass is 485 g/mol. The van der Waals surface area contributed by atoms with Gasteiger partial charge in [-0.25, -0.2) is 4.39 Å². The van der Waals surface area contributed by atoms with E-state index >= 15 is 0 Å². The average molecular weight is 486 g/mol. The Bertz CT molecular complexity index is 1210. The van der Waals surface area contributed by atoms with Gasteiger partial charge in [-0.1, -0.05) is 23.4 Å². The topological polar surface area (TPSA) is 95.1 Å². The molecule has 0 unspecified atom stereocenters. The molecule has 8 nitrogen and oxygen atoms in total. The van der Waals surface area contributed by atoms with Crippen LogP contribution in [0.5, 0.6) is 5.75 Å². The van der Waals surface area contributed by atoms with Crippen molar-refractivity contribution in [2.24, 2.45) is 0 Å². The maximum atomic E-state index is 13.9. The number of carbonyl (C=O) groups excluding carboxylic acids is 1. The predicted molar refractivity (Wildman–Crippen MR) is 113 cm³/mol. The van der Waals surface area contributed by atoms with E-state index in [2.05, 4.69) is 36.5 Å². The van der Waals surface area contributed by atoms with E-state index in [1.165, 1.54) is 6.07 Å². The van der Waals surface area contributed by atoms with Gasteiger partial charge in [0.25, 0.3) is 5.91 Å². The third kappa shape index (κ3) is 5.15. The van der Waals surface area contributed by atoms with Crippen LogP contribution in [-0.4, -0.2) is 25.8 Å². The van der Waals surface area contributed by atoms with Crippen molar-refractivity contribution in [3.05, 3.63) is 87.9 Å².